The summed E-state index contributed by atoms with van der Waals surface area (Å²) in [5.41, 5.74) is 0.555. The highest BCUT2D eigenvalue weighted by atomic mass is 19.4. The third-order valence-electron chi connectivity index (χ3n) is 2.65. The predicted octanol–water partition coefficient (Wildman–Crippen LogP) is 3.64. The zero-order valence-electron chi connectivity index (χ0n) is 10.0. The highest BCUT2D eigenvalue weighted by Gasteiger charge is 2.30. The summed E-state index contributed by atoms with van der Waals surface area (Å²) >= 11 is 0. The van der Waals surface area contributed by atoms with Crippen LogP contribution in [0.25, 0.3) is 0 Å². The molecule has 0 radical (unpaired) electrons. The first-order valence-electron chi connectivity index (χ1n) is 5.52. The third-order valence-corrected chi connectivity index (χ3v) is 2.65. The van der Waals surface area contributed by atoms with Gasteiger partial charge in [-0.15, -0.1) is 0 Å². The Morgan fingerprint density at radius 1 is 1.00 bits per heavy atom. The van der Waals surface area contributed by atoms with Crippen molar-refractivity contribution in [3.05, 3.63) is 65.0 Å². The molecule has 0 aliphatic heterocycles. The number of ketones is 1. The molecular weight excluding hydrogens is 255 g/mol. The van der Waals surface area contributed by atoms with Crippen LogP contribution < -0.4 is 0 Å². The topological polar surface area (TPSA) is 30.0 Å². The molecule has 1 aromatic carbocycles. The van der Waals surface area contributed by atoms with E-state index in [2.05, 4.69) is 4.98 Å². The molecule has 0 unspecified atom stereocenters. The Bertz CT molecular complexity index is 586. The van der Waals surface area contributed by atoms with Crippen LogP contribution in [0.5, 0.6) is 0 Å². The molecule has 0 amide bonds. The highest BCUT2D eigenvalue weighted by Crippen LogP contribution is 2.29. The van der Waals surface area contributed by atoms with Gasteiger partial charge in [0.1, 0.15) is 0 Å². The number of rotatable bonds is 2. The van der Waals surface area contributed by atoms with Crippen molar-refractivity contribution in [1.29, 1.82) is 0 Å². The number of halogens is 3. The van der Waals surface area contributed by atoms with Crippen LogP contribution >= 0.6 is 0 Å². The van der Waals surface area contributed by atoms with Gasteiger partial charge in [0.15, 0.2) is 5.78 Å². The number of alkyl halides is 3. The first-order valence-corrected chi connectivity index (χ1v) is 5.52. The van der Waals surface area contributed by atoms with Crippen LogP contribution in [-0.4, -0.2) is 10.8 Å². The van der Waals surface area contributed by atoms with E-state index in [4.69, 9.17) is 0 Å². The lowest BCUT2D eigenvalue weighted by Crippen LogP contribution is -2.06. The molecule has 0 N–H and O–H groups in total. The van der Waals surface area contributed by atoms with Crippen molar-refractivity contribution in [2.75, 3.05) is 0 Å². The SMILES string of the molecule is Cc1ccc(C(=O)c2ccc(C(F)(F)F)cc2)cn1. The number of hydrogen-bond donors (Lipinski definition) is 0. The van der Waals surface area contributed by atoms with Gasteiger partial charge in [-0.25, -0.2) is 0 Å². The van der Waals surface area contributed by atoms with E-state index in [-0.39, 0.29) is 11.3 Å². The van der Waals surface area contributed by atoms with E-state index in [1.807, 2.05) is 0 Å². The first kappa shape index (κ1) is 13.3. The van der Waals surface area contributed by atoms with E-state index in [0.717, 1.165) is 17.8 Å². The normalized spacial score (nSPS) is 11.4. The van der Waals surface area contributed by atoms with E-state index >= 15 is 0 Å². The molecule has 0 saturated heterocycles. The second-order valence-corrected chi connectivity index (χ2v) is 4.09. The van der Waals surface area contributed by atoms with Crippen LogP contribution in [0.2, 0.25) is 0 Å². The molecule has 0 fully saturated rings. The van der Waals surface area contributed by atoms with E-state index in [1.54, 1.807) is 19.1 Å². The lowest BCUT2D eigenvalue weighted by Gasteiger charge is -2.07. The lowest BCUT2D eigenvalue weighted by atomic mass is 10.0. The van der Waals surface area contributed by atoms with Gasteiger partial charge in [0.25, 0.3) is 0 Å². The molecule has 1 aromatic heterocycles. The maximum Gasteiger partial charge on any atom is 0.416 e. The van der Waals surface area contributed by atoms with Gasteiger partial charge in [-0.2, -0.15) is 13.2 Å². The van der Waals surface area contributed by atoms with Gasteiger partial charge in [-0.1, -0.05) is 12.1 Å². The van der Waals surface area contributed by atoms with Crippen LogP contribution in [0.15, 0.2) is 42.6 Å². The summed E-state index contributed by atoms with van der Waals surface area (Å²) in [5.74, 6) is -0.346. The van der Waals surface area contributed by atoms with Crippen LogP contribution in [0.4, 0.5) is 13.2 Å². The average Bonchev–Trinajstić information content (AvgIpc) is 2.38. The maximum atomic E-state index is 12.4. The number of carbonyl (C=O) groups is 1. The molecule has 0 bridgehead atoms. The number of pyridine rings is 1. The molecule has 2 rings (SSSR count). The summed E-state index contributed by atoms with van der Waals surface area (Å²) in [5, 5.41) is 0. The molecule has 0 spiro atoms. The molecule has 19 heavy (non-hydrogen) atoms. The minimum Gasteiger partial charge on any atom is -0.289 e. The molecular formula is C14H10F3NO. The molecule has 0 atom stereocenters. The molecule has 0 aliphatic rings. The van der Waals surface area contributed by atoms with Crippen molar-refractivity contribution in [1.82, 2.24) is 4.98 Å². The van der Waals surface area contributed by atoms with E-state index in [1.165, 1.54) is 18.3 Å². The van der Waals surface area contributed by atoms with Gasteiger partial charge in [0.2, 0.25) is 0 Å². The number of aryl methyl sites for hydroxylation is 1. The second kappa shape index (κ2) is 4.84. The molecule has 2 aromatic rings. The second-order valence-electron chi connectivity index (χ2n) is 4.09. The van der Waals surface area contributed by atoms with Gasteiger partial charge < -0.3 is 0 Å². The first-order chi connectivity index (χ1) is 8.88. The minimum absolute atomic E-state index is 0.207. The summed E-state index contributed by atoms with van der Waals surface area (Å²) in [6.45, 7) is 1.78. The average molecular weight is 265 g/mol. The molecule has 0 saturated carbocycles. The largest absolute Gasteiger partial charge is 0.416 e. The summed E-state index contributed by atoms with van der Waals surface area (Å²) < 4.78 is 37.2. The smallest absolute Gasteiger partial charge is 0.289 e. The van der Waals surface area contributed by atoms with Gasteiger partial charge in [0.05, 0.1) is 5.56 Å². The lowest BCUT2D eigenvalue weighted by molar-refractivity contribution is -0.137. The summed E-state index contributed by atoms with van der Waals surface area (Å²) in [4.78, 5) is 16.0. The Labute approximate surface area is 107 Å². The minimum atomic E-state index is -4.40. The van der Waals surface area contributed by atoms with Crippen molar-refractivity contribution in [2.45, 2.75) is 13.1 Å². The predicted molar refractivity (Wildman–Crippen MR) is 63.9 cm³/mol. The van der Waals surface area contributed by atoms with E-state index in [9.17, 15) is 18.0 Å². The highest BCUT2D eigenvalue weighted by molar-refractivity contribution is 6.08. The molecule has 0 aliphatic carbocycles. The number of aromatic nitrogens is 1. The Balaban J connectivity index is 2.27. The fraction of sp³-hybridized carbons (Fsp3) is 0.143. The fourth-order valence-electron chi connectivity index (χ4n) is 1.58. The van der Waals surface area contributed by atoms with Crippen LogP contribution in [-0.2, 0) is 6.18 Å². The van der Waals surface area contributed by atoms with E-state index < -0.39 is 11.7 Å². The Kier molecular flexibility index (Phi) is 3.38. The van der Waals surface area contributed by atoms with Gasteiger partial charge in [0, 0.05) is 23.0 Å². The number of carbonyl (C=O) groups excluding carboxylic acids is 1. The molecule has 1 heterocycles. The summed E-state index contributed by atoms with van der Waals surface area (Å²) in [6, 6.07) is 7.42. The number of nitrogens with zero attached hydrogens (tertiary/aromatic N) is 1. The van der Waals surface area contributed by atoms with Crippen molar-refractivity contribution in [3.63, 3.8) is 0 Å². The van der Waals surface area contributed by atoms with Gasteiger partial charge >= 0.3 is 6.18 Å². The zero-order chi connectivity index (χ0) is 14.0. The van der Waals surface area contributed by atoms with E-state index in [0.29, 0.717) is 5.56 Å². The summed E-state index contributed by atoms with van der Waals surface area (Å²) in [6.07, 6.45) is -2.98. The Morgan fingerprint density at radius 3 is 2.05 bits per heavy atom. The van der Waals surface area contributed by atoms with Crippen molar-refractivity contribution < 1.29 is 18.0 Å². The molecule has 98 valence electrons. The standard InChI is InChI=1S/C14H10F3NO/c1-9-2-3-11(8-18-9)13(19)10-4-6-12(7-5-10)14(15,16)17/h2-8H,1H3. The monoisotopic (exact) mass is 265 g/mol. The zero-order valence-corrected chi connectivity index (χ0v) is 10.0. The quantitative estimate of drug-likeness (QED) is 0.776. The van der Waals surface area contributed by atoms with Crippen LogP contribution in [0, 0.1) is 6.92 Å². The molecule has 5 heteroatoms. The van der Waals surface area contributed by atoms with Gasteiger partial charge in [-0.3, -0.25) is 9.78 Å². The fourth-order valence-corrected chi connectivity index (χ4v) is 1.58. The van der Waals surface area contributed by atoms with Crippen molar-refractivity contribution in [2.24, 2.45) is 0 Å². The molecule has 2 nitrogen and oxygen atoms in total. The number of benzene rings is 1. The van der Waals surface area contributed by atoms with Crippen LogP contribution in [0.1, 0.15) is 27.2 Å². The van der Waals surface area contributed by atoms with Gasteiger partial charge in [-0.05, 0) is 31.2 Å². The van der Waals surface area contributed by atoms with Crippen molar-refractivity contribution >= 4 is 5.78 Å². The third kappa shape index (κ3) is 2.99. The number of hydrogen-bond acceptors (Lipinski definition) is 2. The Hall–Kier alpha value is -2.17. The van der Waals surface area contributed by atoms with Crippen LogP contribution in [0.3, 0.4) is 0 Å². The Morgan fingerprint density at radius 2 is 1.58 bits per heavy atom. The van der Waals surface area contributed by atoms with Crippen molar-refractivity contribution in [3.8, 4) is 0 Å². The summed E-state index contributed by atoms with van der Waals surface area (Å²) in [7, 11) is 0. The maximum absolute atomic E-state index is 12.4.